The van der Waals surface area contributed by atoms with Gasteiger partial charge in [-0.2, -0.15) is 0 Å². The minimum absolute atomic E-state index is 0. The molecule has 0 fully saturated rings. The van der Waals surface area contributed by atoms with E-state index in [1.54, 1.807) is 64.1 Å². The van der Waals surface area contributed by atoms with Crippen LogP contribution in [-0.4, -0.2) is 15.0 Å². The van der Waals surface area contributed by atoms with Crippen LogP contribution < -0.4 is 0 Å². The molecule has 0 spiro atoms. The second kappa shape index (κ2) is 19.6. The van der Waals surface area contributed by atoms with Crippen LogP contribution in [0.25, 0.3) is 66.8 Å². The fraction of sp³-hybridized carbons (Fsp3) is 0.177. The number of fused-ring (bicyclic) bond motifs is 3. The fourth-order valence-electron chi connectivity index (χ4n) is 8.03. The maximum atomic E-state index is 17.0. The first kappa shape index (κ1) is 31.3. The average molecular weight is 1100 g/mol. The van der Waals surface area contributed by atoms with Gasteiger partial charge in [0.2, 0.25) is 0 Å². The zero-order chi connectivity index (χ0) is 61.0. The number of hydrogen-bond acceptors (Lipinski definition) is 4. The quantitative estimate of drug-likeness (QED) is 0.108. The minimum atomic E-state index is -3.35. The molecule has 7 heteroatoms. The van der Waals surface area contributed by atoms with Crippen molar-refractivity contribution in [3.63, 3.8) is 0 Å². The van der Waals surface area contributed by atoms with E-state index in [9.17, 15) is 11.0 Å². The summed E-state index contributed by atoms with van der Waals surface area (Å²) in [6.07, 6.45) is -7.75. The molecule has 4 heterocycles. The fourth-order valence-corrected chi connectivity index (χ4v) is 8.03. The van der Waals surface area contributed by atoms with Crippen molar-refractivity contribution in [3.05, 3.63) is 233 Å². The Morgan fingerprint density at radius 2 is 1.19 bits per heavy atom. The number of aryl methyl sites for hydroxylation is 2. The van der Waals surface area contributed by atoms with E-state index >= 15 is 8.78 Å². The van der Waals surface area contributed by atoms with Gasteiger partial charge < -0.3 is 19.4 Å². The van der Waals surface area contributed by atoms with Crippen molar-refractivity contribution in [2.45, 2.75) is 70.9 Å². The Morgan fingerprint density at radius 3 is 1.74 bits per heavy atom. The molecule has 0 aliphatic carbocycles. The Morgan fingerprint density at radius 1 is 0.594 bits per heavy atom. The Bertz CT molecular complexity index is 4060. The van der Waals surface area contributed by atoms with Crippen LogP contribution in [0.15, 0.2) is 168 Å². The third-order valence-electron chi connectivity index (χ3n) is 11.6. The molecule has 0 atom stereocenters. The summed E-state index contributed by atoms with van der Waals surface area (Å²) in [5.41, 5.74) is -4.51. The number of halogens is 2. The number of nitrogens with zero attached hydrogens (tertiary/aromatic N) is 3. The smallest absolute Gasteiger partial charge is 0.500 e. The first-order valence-corrected chi connectivity index (χ1v) is 21.6. The third-order valence-corrected chi connectivity index (χ3v) is 11.6. The van der Waals surface area contributed by atoms with E-state index < -0.39 is 113 Å². The first-order chi connectivity index (χ1) is 39.2. The zero-order valence-electron chi connectivity index (χ0n) is 53.5. The number of benzene rings is 6. The third kappa shape index (κ3) is 9.99. The van der Waals surface area contributed by atoms with Gasteiger partial charge in [0.1, 0.15) is 17.2 Å². The predicted octanol–water partition coefficient (Wildman–Crippen LogP) is 15.2. The molecule has 0 amide bonds. The van der Waals surface area contributed by atoms with Gasteiger partial charge in [0.25, 0.3) is 0 Å². The maximum Gasteiger partial charge on any atom is 3.00 e. The van der Waals surface area contributed by atoms with Crippen molar-refractivity contribution in [1.29, 1.82) is 0 Å². The van der Waals surface area contributed by atoms with Gasteiger partial charge in [-0.1, -0.05) is 111 Å². The molecule has 10 aromatic rings. The summed E-state index contributed by atoms with van der Waals surface area (Å²) in [7, 11) is 0. The van der Waals surface area contributed by atoms with Crippen molar-refractivity contribution in [2.75, 3.05) is 0 Å². The molecule has 0 saturated heterocycles. The molecular weight excluding hydrogens is 1030 g/mol. The normalized spacial score (nSPS) is 16.2. The predicted molar refractivity (Wildman–Crippen MR) is 270 cm³/mol. The van der Waals surface area contributed by atoms with Gasteiger partial charge >= 0.3 is 20.1 Å². The largest absolute Gasteiger partial charge is 3.00 e. The molecule has 0 bridgehead atoms. The Balaban J connectivity index is 0.00000865. The standard InChI is InChI=1S/C62H50F2N3O.Ir/c1-40-19-22-46(23-20-40)58-53(63)28-27-51-50-17-12-18-52(59(50)68-60(51)58)57-34-54(64)47(37-65-57)24-21-41-31-42(35-61(2,3)48-25-29-55(66-38-48)44-13-8-6-9-14-44)33-43(32-41)36-62(4,5)49-26-30-56(67-39-49)45-15-10-7-11-16-45;/h6-13,15,17,19-20,22-23,25-34,37-39H,21,24,35-36H2,1-5H3;/q-3;+3/i1D3,19D,20D,21D2,22D,23D,24D2,28D,35D2,36D2;. The van der Waals surface area contributed by atoms with E-state index in [-0.39, 0.29) is 64.4 Å². The minimum Gasteiger partial charge on any atom is -0.500 e. The van der Waals surface area contributed by atoms with Gasteiger partial charge in [-0.05, 0) is 112 Å². The van der Waals surface area contributed by atoms with Gasteiger partial charge in [0.15, 0.2) is 0 Å². The van der Waals surface area contributed by atoms with Gasteiger partial charge in [-0.15, -0.1) is 90.0 Å². The van der Waals surface area contributed by atoms with Crippen molar-refractivity contribution in [3.8, 4) is 44.9 Å². The van der Waals surface area contributed by atoms with Crippen molar-refractivity contribution in [2.24, 2.45) is 0 Å². The molecule has 0 aliphatic rings. The molecule has 0 unspecified atom stereocenters. The van der Waals surface area contributed by atoms with Gasteiger partial charge in [-0.25, -0.2) is 8.78 Å². The molecule has 4 aromatic heterocycles. The summed E-state index contributed by atoms with van der Waals surface area (Å²) < 4.78 is 184. The number of furan rings is 1. The van der Waals surface area contributed by atoms with Crippen LogP contribution in [0.3, 0.4) is 0 Å². The summed E-state index contributed by atoms with van der Waals surface area (Å²) in [6.45, 7) is 3.41. The van der Waals surface area contributed by atoms with E-state index in [2.05, 4.69) is 33.2 Å². The van der Waals surface area contributed by atoms with Crippen LogP contribution in [0.2, 0.25) is 0 Å². The van der Waals surface area contributed by atoms with E-state index in [0.717, 1.165) is 30.5 Å². The molecule has 6 aromatic carbocycles. The summed E-state index contributed by atoms with van der Waals surface area (Å²) in [5.74, 6) is -2.63. The summed E-state index contributed by atoms with van der Waals surface area (Å²) in [6, 6.07) is 34.2. The Hall–Kier alpha value is -6.92. The average Bonchev–Trinajstić information content (AvgIpc) is 1.74. The second-order valence-electron chi connectivity index (χ2n) is 17.2. The first-order valence-electron chi connectivity index (χ1n) is 29.6. The number of rotatable bonds is 13. The number of aromatic nitrogens is 3. The van der Waals surface area contributed by atoms with Crippen LogP contribution in [0.1, 0.15) is 88.6 Å². The summed E-state index contributed by atoms with van der Waals surface area (Å²) in [5, 5.41) is 0.204. The molecule has 0 saturated carbocycles. The van der Waals surface area contributed by atoms with E-state index in [4.69, 9.17) is 15.4 Å². The Kier molecular flexibility index (Phi) is 8.88. The SMILES string of the molecule is [2H]c1cc2c(oc3c(-c4cc(F)c(C([2H])([2H])C([2H])([2H])c5cc(C([2H])([2H])C(C)(C)c6ccc(-c7[c-]cccc7)nc6)cc(C([2H])([2H])C(C)(C)c6ccc(-c7[c-]cccc7)nc6)c5)cn4)[c-]ccc32)c(-c2c([2H])c([2H])c(C([2H])([2H])[2H])c([2H])c2[2H])c1F.[Ir+3]. The van der Waals surface area contributed by atoms with Crippen molar-refractivity contribution < 1.29 is 55.2 Å². The molecule has 0 N–H and O–H groups in total. The monoisotopic (exact) mass is 1100 g/mol. The topological polar surface area (TPSA) is 51.8 Å². The van der Waals surface area contributed by atoms with E-state index in [0.29, 0.717) is 33.6 Å². The molecule has 10 rings (SSSR count). The number of pyridine rings is 3. The zero-order valence-corrected chi connectivity index (χ0v) is 39.9. The van der Waals surface area contributed by atoms with Crippen molar-refractivity contribution >= 4 is 21.9 Å². The molecule has 342 valence electrons. The molecular formula is C62H50F2IrN3O. The van der Waals surface area contributed by atoms with Crippen molar-refractivity contribution in [1.82, 2.24) is 15.0 Å². The van der Waals surface area contributed by atoms with Crippen LogP contribution in [0.4, 0.5) is 8.78 Å². The summed E-state index contributed by atoms with van der Waals surface area (Å²) in [4.78, 5) is 13.6. The van der Waals surface area contributed by atoms with Gasteiger partial charge in [0.05, 0.1) is 18.0 Å². The van der Waals surface area contributed by atoms with Crippen LogP contribution in [-0.2, 0) is 56.4 Å². The molecule has 0 radical (unpaired) electrons. The van der Waals surface area contributed by atoms with E-state index in [1.807, 2.05) is 36.4 Å². The molecule has 4 nitrogen and oxygen atoms in total. The van der Waals surface area contributed by atoms with Crippen LogP contribution in [0, 0.1) is 36.7 Å². The van der Waals surface area contributed by atoms with Gasteiger partial charge in [0, 0.05) is 44.6 Å². The molecule has 69 heavy (non-hydrogen) atoms. The Labute approximate surface area is 439 Å². The maximum absolute atomic E-state index is 17.0. The van der Waals surface area contributed by atoms with Crippen LogP contribution >= 0.6 is 0 Å². The summed E-state index contributed by atoms with van der Waals surface area (Å²) >= 11 is 0. The second-order valence-corrected chi connectivity index (χ2v) is 17.2. The van der Waals surface area contributed by atoms with Crippen LogP contribution in [0.5, 0.6) is 0 Å². The van der Waals surface area contributed by atoms with E-state index in [1.165, 1.54) is 30.6 Å². The number of hydrogen-bond donors (Lipinski definition) is 0. The van der Waals surface area contributed by atoms with Gasteiger partial charge in [-0.3, -0.25) is 0 Å². The molecule has 0 aliphatic heterocycles.